The highest BCUT2D eigenvalue weighted by molar-refractivity contribution is 5.45. The zero-order chi connectivity index (χ0) is 15.7. The molecule has 1 atom stereocenters. The number of hydrogen-bond acceptors (Lipinski definition) is 5. The maximum atomic E-state index is 13.6. The molecular weight excluding hydrogens is 292 g/mol. The van der Waals surface area contributed by atoms with E-state index in [0.29, 0.717) is 17.3 Å². The summed E-state index contributed by atoms with van der Waals surface area (Å²) in [7, 11) is 0. The Morgan fingerprint density at radius 1 is 1.32 bits per heavy atom. The molecule has 0 amide bonds. The largest absolute Gasteiger partial charge is 0.386 e. The number of hydrogen-bond donors (Lipinski definition) is 2. The van der Waals surface area contributed by atoms with Gasteiger partial charge >= 0.3 is 0 Å². The Balaban J connectivity index is 1.83. The fraction of sp³-hybridized carbons (Fsp3) is 0.214. The van der Waals surface area contributed by atoms with E-state index < -0.39 is 17.7 Å². The lowest BCUT2D eigenvalue weighted by Gasteiger charge is -2.15. The molecule has 2 aromatic heterocycles. The van der Waals surface area contributed by atoms with Crippen molar-refractivity contribution in [2.75, 3.05) is 11.9 Å². The molecule has 3 rings (SSSR count). The van der Waals surface area contributed by atoms with E-state index in [2.05, 4.69) is 20.4 Å². The van der Waals surface area contributed by atoms with E-state index in [-0.39, 0.29) is 12.1 Å². The third-order valence-corrected chi connectivity index (χ3v) is 3.19. The summed E-state index contributed by atoms with van der Waals surface area (Å²) < 4.78 is 28.7. The van der Waals surface area contributed by atoms with Crippen molar-refractivity contribution in [2.45, 2.75) is 13.0 Å². The van der Waals surface area contributed by atoms with Crippen LogP contribution in [0.25, 0.3) is 5.78 Å². The van der Waals surface area contributed by atoms with E-state index >= 15 is 0 Å². The molecule has 0 bridgehead atoms. The molecule has 0 aliphatic heterocycles. The van der Waals surface area contributed by atoms with E-state index in [0.717, 1.165) is 12.1 Å². The van der Waals surface area contributed by atoms with Gasteiger partial charge in [-0.05, 0) is 19.1 Å². The average molecular weight is 305 g/mol. The normalized spacial score (nSPS) is 12.5. The summed E-state index contributed by atoms with van der Waals surface area (Å²) in [5, 5.41) is 16.9. The number of anilines is 1. The minimum atomic E-state index is -1.34. The van der Waals surface area contributed by atoms with Gasteiger partial charge in [-0.25, -0.2) is 13.8 Å². The first kappa shape index (κ1) is 14.3. The van der Waals surface area contributed by atoms with Crippen LogP contribution in [0.15, 0.2) is 30.6 Å². The highest BCUT2D eigenvalue weighted by Gasteiger charge is 2.18. The second kappa shape index (κ2) is 5.64. The first-order valence-electron chi connectivity index (χ1n) is 6.59. The lowest BCUT2D eigenvalue weighted by Crippen LogP contribution is -2.17. The molecular formula is C14H13F2N5O. The number of nitrogens with zero attached hydrogens (tertiary/aromatic N) is 4. The van der Waals surface area contributed by atoms with Crippen LogP contribution in [0.2, 0.25) is 0 Å². The summed E-state index contributed by atoms with van der Waals surface area (Å²) in [6.45, 7) is 1.70. The van der Waals surface area contributed by atoms with Crippen LogP contribution in [-0.2, 0) is 0 Å². The Bertz CT molecular complexity index is 800. The van der Waals surface area contributed by atoms with Crippen LogP contribution >= 0.6 is 0 Å². The Hall–Kier alpha value is -2.61. The van der Waals surface area contributed by atoms with Crippen molar-refractivity contribution in [1.29, 1.82) is 0 Å². The van der Waals surface area contributed by atoms with Crippen molar-refractivity contribution in [3.8, 4) is 0 Å². The van der Waals surface area contributed by atoms with Crippen LogP contribution in [0, 0.1) is 18.6 Å². The van der Waals surface area contributed by atoms with Crippen molar-refractivity contribution in [2.24, 2.45) is 0 Å². The van der Waals surface area contributed by atoms with Crippen LogP contribution in [0.5, 0.6) is 0 Å². The topological polar surface area (TPSA) is 75.3 Å². The van der Waals surface area contributed by atoms with E-state index in [1.165, 1.54) is 16.9 Å². The molecule has 2 N–H and O–H groups in total. The molecule has 1 aromatic carbocycles. The minimum absolute atomic E-state index is 0.0870. The molecule has 22 heavy (non-hydrogen) atoms. The molecule has 0 aliphatic carbocycles. The summed E-state index contributed by atoms with van der Waals surface area (Å²) in [4.78, 5) is 8.15. The minimum Gasteiger partial charge on any atom is -0.386 e. The Morgan fingerprint density at radius 2 is 2.05 bits per heavy atom. The highest BCUT2D eigenvalue weighted by Crippen LogP contribution is 2.21. The van der Waals surface area contributed by atoms with Gasteiger partial charge in [0.05, 0.1) is 5.56 Å². The third-order valence-electron chi connectivity index (χ3n) is 3.19. The standard InChI is InChI=1S/C14H13F2N5O/c1-8-5-12(21-14(20-8)18-7-19-21)17-6-11(22)13-9(15)3-2-4-10(13)16/h2-5,7,11,17,22H,6H2,1H3. The summed E-state index contributed by atoms with van der Waals surface area (Å²) in [6, 6.07) is 5.16. The van der Waals surface area contributed by atoms with Gasteiger partial charge in [-0.1, -0.05) is 6.07 Å². The molecule has 114 valence electrons. The SMILES string of the molecule is Cc1cc(NCC(O)c2c(F)cccc2F)n2ncnc2n1. The lowest BCUT2D eigenvalue weighted by atomic mass is 10.1. The Morgan fingerprint density at radius 3 is 2.77 bits per heavy atom. The number of aromatic nitrogens is 4. The fourth-order valence-corrected chi connectivity index (χ4v) is 2.19. The smallest absolute Gasteiger partial charge is 0.254 e. The molecule has 0 aliphatic rings. The van der Waals surface area contributed by atoms with Crippen molar-refractivity contribution in [3.63, 3.8) is 0 Å². The zero-order valence-electron chi connectivity index (χ0n) is 11.7. The van der Waals surface area contributed by atoms with Gasteiger partial charge in [0.2, 0.25) is 0 Å². The van der Waals surface area contributed by atoms with Crippen molar-refractivity contribution >= 4 is 11.6 Å². The number of benzene rings is 1. The number of aryl methyl sites for hydroxylation is 1. The number of halogens is 2. The van der Waals surface area contributed by atoms with E-state index in [9.17, 15) is 13.9 Å². The van der Waals surface area contributed by atoms with Crippen LogP contribution in [-0.4, -0.2) is 31.2 Å². The molecule has 3 aromatic rings. The molecule has 0 spiro atoms. The molecule has 0 saturated heterocycles. The molecule has 8 heteroatoms. The summed E-state index contributed by atoms with van der Waals surface area (Å²) >= 11 is 0. The predicted molar refractivity (Wildman–Crippen MR) is 75.3 cm³/mol. The molecule has 0 radical (unpaired) electrons. The average Bonchev–Trinajstić information content (AvgIpc) is 2.92. The number of aliphatic hydroxyl groups is 1. The van der Waals surface area contributed by atoms with Gasteiger partial charge in [0, 0.05) is 18.3 Å². The zero-order valence-corrected chi connectivity index (χ0v) is 11.7. The van der Waals surface area contributed by atoms with Crippen LogP contribution < -0.4 is 5.32 Å². The van der Waals surface area contributed by atoms with Gasteiger partial charge < -0.3 is 10.4 Å². The van der Waals surface area contributed by atoms with Gasteiger partial charge in [0.25, 0.3) is 5.78 Å². The number of fused-ring (bicyclic) bond motifs is 1. The van der Waals surface area contributed by atoms with Gasteiger partial charge in [-0.15, -0.1) is 0 Å². The van der Waals surface area contributed by atoms with Gasteiger partial charge in [0.15, 0.2) is 0 Å². The molecule has 6 nitrogen and oxygen atoms in total. The second-order valence-electron chi connectivity index (χ2n) is 4.79. The molecule has 2 heterocycles. The maximum Gasteiger partial charge on any atom is 0.254 e. The fourth-order valence-electron chi connectivity index (χ4n) is 2.19. The lowest BCUT2D eigenvalue weighted by molar-refractivity contribution is 0.181. The predicted octanol–water partition coefficient (Wildman–Crippen LogP) is 1.86. The second-order valence-corrected chi connectivity index (χ2v) is 4.79. The first-order valence-corrected chi connectivity index (χ1v) is 6.59. The third kappa shape index (κ3) is 2.60. The molecule has 0 fully saturated rings. The van der Waals surface area contributed by atoms with Gasteiger partial charge in [-0.2, -0.15) is 14.6 Å². The maximum absolute atomic E-state index is 13.6. The van der Waals surface area contributed by atoms with Crippen molar-refractivity contribution in [3.05, 3.63) is 53.5 Å². The van der Waals surface area contributed by atoms with Crippen LogP contribution in [0.3, 0.4) is 0 Å². The number of aliphatic hydroxyl groups excluding tert-OH is 1. The summed E-state index contributed by atoms with van der Waals surface area (Å²) in [6.07, 6.45) is 0.00755. The first-order chi connectivity index (χ1) is 10.6. The van der Waals surface area contributed by atoms with Crippen LogP contribution in [0.4, 0.5) is 14.6 Å². The Labute approximate surface area is 124 Å². The van der Waals surface area contributed by atoms with Gasteiger partial charge in [-0.3, -0.25) is 0 Å². The number of rotatable bonds is 4. The van der Waals surface area contributed by atoms with Crippen molar-refractivity contribution in [1.82, 2.24) is 19.6 Å². The van der Waals surface area contributed by atoms with E-state index in [1.54, 1.807) is 13.0 Å². The monoisotopic (exact) mass is 305 g/mol. The van der Waals surface area contributed by atoms with Crippen molar-refractivity contribution < 1.29 is 13.9 Å². The van der Waals surface area contributed by atoms with E-state index in [4.69, 9.17) is 0 Å². The summed E-state index contributed by atoms with van der Waals surface area (Å²) in [5.41, 5.74) is 0.338. The Kier molecular flexibility index (Phi) is 3.68. The van der Waals surface area contributed by atoms with E-state index in [1.807, 2.05) is 0 Å². The highest BCUT2D eigenvalue weighted by atomic mass is 19.1. The molecule has 1 unspecified atom stereocenters. The number of nitrogens with one attached hydrogen (secondary N) is 1. The summed E-state index contributed by atoms with van der Waals surface area (Å²) in [5.74, 6) is -0.651. The van der Waals surface area contributed by atoms with Crippen LogP contribution in [0.1, 0.15) is 17.4 Å². The van der Waals surface area contributed by atoms with Gasteiger partial charge in [0.1, 0.15) is 29.9 Å². The quantitative estimate of drug-likeness (QED) is 0.769. The molecule has 0 saturated carbocycles.